The zero-order valence-corrected chi connectivity index (χ0v) is 10.3. The second kappa shape index (κ2) is 5.97. The molecule has 2 aromatic carbocycles. The molecule has 0 N–H and O–H groups in total. The molecule has 1 atom stereocenters. The third kappa shape index (κ3) is 3.29. The molecule has 0 amide bonds. The molecule has 2 heteroatoms. The van der Waals surface area contributed by atoms with E-state index in [0.717, 1.165) is 5.56 Å². The van der Waals surface area contributed by atoms with Crippen LogP contribution in [-0.4, -0.2) is 5.78 Å². The van der Waals surface area contributed by atoms with Crippen molar-refractivity contribution in [3.63, 3.8) is 0 Å². The fourth-order valence-corrected chi connectivity index (χ4v) is 1.90. The monoisotopic (exact) mass is 252 g/mol. The second-order valence-electron chi connectivity index (χ2n) is 4.26. The van der Waals surface area contributed by atoms with Gasteiger partial charge < -0.3 is 0 Å². The van der Waals surface area contributed by atoms with Crippen molar-refractivity contribution in [2.75, 3.05) is 0 Å². The van der Waals surface area contributed by atoms with Gasteiger partial charge in [0.05, 0.1) is 5.92 Å². The average Bonchev–Trinajstić information content (AvgIpc) is 2.46. The van der Waals surface area contributed by atoms with Gasteiger partial charge in [-0.1, -0.05) is 36.3 Å². The van der Waals surface area contributed by atoms with E-state index in [4.69, 9.17) is 6.42 Å². The van der Waals surface area contributed by atoms with Crippen LogP contribution in [0.4, 0.5) is 4.39 Å². The van der Waals surface area contributed by atoms with Crippen molar-refractivity contribution in [3.8, 4) is 12.3 Å². The topological polar surface area (TPSA) is 17.1 Å². The first-order valence-electron chi connectivity index (χ1n) is 6.00. The van der Waals surface area contributed by atoms with Crippen LogP contribution in [0.1, 0.15) is 28.3 Å². The maximum absolute atomic E-state index is 12.8. The second-order valence-corrected chi connectivity index (χ2v) is 4.26. The molecule has 0 bridgehead atoms. The van der Waals surface area contributed by atoms with Crippen LogP contribution in [0.5, 0.6) is 0 Å². The van der Waals surface area contributed by atoms with Crippen molar-refractivity contribution < 1.29 is 9.18 Å². The number of ketones is 1. The van der Waals surface area contributed by atoms with Crippen molar-refractivity contribution in [2.45, 2.75) is 12.3 Å². The SMILES string of the molecule is C#CC(CC(=O)c1ccc(F)cc1)c1ccccc1. The summed E-state index contributed by atoms with van der Waals surface area (Å²) in [5.74, 6) is 1.95. The van der Waals surface area contributed by atoms with Gasteiger partial charge >= 0.3 is 0 Å². The molecule has 94 valence electrons. The van der Waals surface area contributed by atoms with E-state index in [9.17, 15) is 9.18 Å². The van der Waals surface area contributed by atoms with Crippen molar-refractivity contribution in [1.29, 1.82) is 0 Å². The molecule has 1 nitrogen and oxygen atoms in total. The molecule has 2 rings (SSSR count). The predicted molar refractivity (Wildman–Crippen MR) is 73.4 cm³/mol. The Morgan fingerprint density at radius 3 is 2.32 bits per heavy atom. The zero-order valence-electron chi connectivity index (χ0n) is 10.3. The van der Waals surface area contributed by atoms with Gasteiger partial charge in [-0.25, -0.2) is 4.39 Å². The summed E-state index contributed by atoms with van der Waals surface area (Å²) in [5, 5.41) is 0. The molecule has 0 aliphatic heterocycles. The third-order valence-corrected chi connectivity index (χ3v) is 2.96. The first kappa shape index (κ1) is 13.0. The molecule has 2 aromatic rings. The largest absolute Gasteiger partial charge is 0.294 e. The van der Waals surface area contributed by atoms with Crippen LogP contribution in [0.25, 0.3) is 0 Å². The summed E-state index contributed by atoms with van der Waals surface area (Å²) in [5.41, 5.74) is 1.43. The van der Waals surface area contributed by atoms with E-state index >= 15 is 0 Å². The summed E-state index contributed by atoms with van der Waals surface area (Å²) in [6.45, 7) is 0. The minimum Gasteiger partial charge on any atom is -0.294 e. The molecule has 0 aliphatic rings. The molecule has 0 radical (unpaired) electrons. The number of carbonyl (C=O) groups is 1. The molecule has 0 saturated heterocycles. The number of benzene rings is 2. The number of hydrogen-bond acceptors (Lipinski definition) is 1. The normalized spacial score (nSPS) is 11.6. The number of Topliss-reactive ketones (excluding diaryl/α,β-unsaturated/α-hetero) is 1. The van der Waals surface area contributed by atoms with E-state index in [1.54, 1.807) is 0 Å². The van der Waals surface area contributed by atoms with Crippen LogP contribution in [0.2, 0.25) is 0 Å². The molecule has 0 saturated carbocycles. The Bertz CT molecular complexity index is 593. The Hall–Kier alpha value is -2.40. The Morgan fingerprint density at radius 2 is 1.74 bits per heavy atom. The number of carbonyl (C=O) groups excluding carboxylic acids is 1. The fourth-order valence-electron chi connectivity index (χ4n) is 1.90. The van der Waals surface area contributed by atoms with Gasteiger partial charge in [0.15, 0.2) is 5.78 Å². The van der Waals surface area contributed by atoms with E-state index in [0.29, 0.717) is 5.56 Å². The number of terminal acetylenes is 1. The minimum atomic E-state index is -0.354. The van der Waals surface area contributed by atoms with Crippen LogP contribution < -0.4 is 0 Å². The zero-order chi connectivity index (χ0) is 13.7. The molecular formula is C17H13FO. The highest BCUT2D eigenvalue weighted by atomic mass is 19.1. The van der Waals surface area contributed by atoms with E-state index in [-0.39, 0.29) is 23.9 Å². The van der Waals surface area contributed by atoms with Gasteiger partial charge in [0.1, 0.15) is 5.82 Å². The maximum atomic E-state index is 12.8. The van der Waals surface area contributed by atoms with Gasteiger partial charge in [0, 0.05) is 12.0 Å². The van der Waals surface area contributed by atoms with E-state index in [1.807, 2.05) is 30.3 Å². The first-order valence-corrected chi connectivity index (χ1v) is 6.00. The molecular weight excluding hydrogens is 239 g/mol. The molecule has 19 heavy (non-hydrogen) atoms. The number of halogens is 1. The van der Waals surface area contributed by atoms with Gasteiger partial charge in [-0.3, -0.25) is 4.79 Å². The van der Waals surface area contributed by atoms with Gasteiger partial charge in [-0.2, -0.15) is 0 Å². The predicted octanol–water partition coefficient (Wildman–Crippen LogP) is 3.82. The smallest absolute Gasteiger partial charge is 0.164 e. The van der Waals surface area contributed by atoms with Gasteiger partial charge in [-0.15, -0.1) is 6.42 Å². The van der Waals surface area contributed by atoms with Crippen LogP contribution in [0.15, 0.2) is 54.6 Å². The van der Waals surface area contributed by atoms with E-state index < -0.39 is 0 Å². The maximum Gasteiger partial charge on any atom is 0.164 e. The van der Waals surface area contributed by atoms with E-state index in [1.165, 1.54) is 24.3 Å². The highest BCUT2D eigenvalue weighted by molar-refractivity contribution is 5.96. The van der Waals surface area contributed by atoms with Crippen molar-refractivity contribution in [1.82, 2.24) is 0 Å². The lowest BCUT2D eigenvalue weighted by molar-refractivity contribution is 0.0979. The van der Waals surface area contributed by atoms with Crippen LogP contribution in [0.3, 0.4) is 0 Å². The Kier molecular flexibility index (Phi) is 4.10. The summed E-state index contributed by atoms with van der Waals surface area (Å²) in [6.07, 6.45) is 5.72. The summed E-state index contributed by atoms with van der Waals surface area (Å²) in [7, 11) is 0. The van der Waals surface area contributed by atoms with Crippen molar-refractivity contribution in [2.24, 2.45) is 0 Å². The average molecular weight is 252 g/mol. The summed E-state index contributed by atoms with van der Waals surface area (Å²) < 4.78 is 12.8. The van der Waals surface area contributed by atoms with E-state index in [2.05, 4.69) is 5.92 Å². The van der Waals surface area contributed by atoms with Crippen LogP contribution >= 0.6 is 0 Å². The molecule has 0 fully saturated rings. The quantitative estimate of drug-likeness (QED) is 0.597. The third-order valence-electron chi connectivity index (χ3n) is 2.96. The highest BCUT2D eigenvalue weighted by Crippen LogP contribution is 2.21. The molecule has 0 spiro atoms. The minimum absolute atomic E-state index is 0.0770. The number of rotatable bonds is 4. The van der Waals surface area contributed by atoms with Crippen LogP contribution in [-0.2, 0) is 0 Å². The number of hydrogen-bond donors (Lipinski definition) is 0. The lowest BCUT2D eigenvalue weighted by Crippen LogP contribution is -2.06. The molecule has 0 aliphatic carbocycles. The molecule has 0 aromatic heterocycles. The standard InChI is InChI=1S/C17H13FO/c1-2-13(14-6-4-3-5-7-14)12-17(19)15-8-10-16(18)11-9-15/h1,3-11,13H,12H2. The fraction of sp³-hybridized carbons (Fsp3) is 0.118. The summed E-state index contributed by atoms with van der Waals surface area (Å²) >= 11 is 0. The van der Waals surface area contributed by atoms with Gasteiger partial charge in [0.25, 0.3) is 0 Å². The van der Waals surface area contributed by atoms with Crippen LogP contribution in [0, 0.1) is 18.2 Å². The first-order chi connectivity index (χ1) is 9.20. The molecule has 1 unspecified atom stereocenters. The highest BCUT2D eigenvalue weighted by Gasteiger charge is 2.14. The lowest BCUT2D eigenvalue weighted by atomic mass is 9.92. The van der Waals surface area contributed by atoms with Gasteiger partial charge in [0.2, 0.25) is 0 Å². The molecule has 0 heterocycles. The Labute approximate surface area is 112 Å². The van der Waals surface area contributed by atoms with Gasteiger partial charge in [-0.05, 0) is 29.8 Å². The summed E-state index contributed by atoms with van der Waals surface area (Å²) in [4.78, 5) is 12.1. The van der Waals surface area contributed by atoms with Crippen molar-refractivity contribution >= 4 is 5.78 Å². The Morgan fingerprint density at radius 1 is 1.11 bits per heavy atom. The summed E-state index contributed by atoms with van der Waals surface area (Å²) in [6, 6.07) is 15.0. The van der Waals surface area contributed by atoms with Crippen molar-refractivity contribution in [3.05, 3.63) is 71.5 Å². The Balaban J connectivity index is 2.13. The lowest BCUT2D eigenvalue weighted by Gasteiger charge is -2.10.